The summed E-state index contributed by atoms with van der Waals surface area (Å²) in [4.78, 5) is 22.6. The van der Waals surface area contributed by atoms with Crippen molar-refractivity contribution in [2.75, 3.05) is 5.32 Å². The summed E-state index contributed by atoms with van der Waals surface area (Å²) < 4.78 is 7.19. The van der Waals surface area contributed by atoms with Crippen LogP contribution in [0.1, 0.15) is 27.4 Å². The van der Waals surface area contributed by atoms with E-state index in [0.717, 1.165) is 16.8 Å². The second-order valence-electron chi connectivity index (χ2n) is 5.72. The molecule has 1 amide bonds. The van der Waals surface area contributed by atoms with Gasteiger partial charge in [-0.25, -0.2) is 0 Å². The van der Waals surface area contributed by atoms with E-state index in [0.29, 0.717) is 5.76 Å². The third-order valence-electron chi connectivity index (χ3n) is 3.93. The van der Waals surface area contributed by atoms with E-state index < -0.39 is 4.92 Å². The number of benzene rings is 1. The molecule has 1 aromatic carbocycles. The fraction of sp³-hybridized carbons (Fsp3) is 0.176. The minimum Gasteiger partial charge on any atom is -0.454 e. The van der Waals surface area contributed by atoms with Gasteiger partial charge in [0, 0.05) is 5.69 Å². The minimum atomic E-state index is -0.578. The lowest BCUT2D eigenvalue weighted by Gasteiger charge is -2.09. The summed E-state index contributed by atoms with van der Waals surface area (Å²) in [5, 5.41) is 17.5. The summed E-state index contributed by atoms with van der Waals surface area (Å²) in [5.41, 5.74) is 2.79. The lowest BCUT2D eigenvalue weighted by Crippen LogP contribution is -2.12. The number of anilines is 1. The molecule has 0 bridgehead atoms. The van der Waals surface area contributed by atoms with Gasteiger partial charge < -0.3 is 19.8 Å². The Kier molecular flexibility index (Phi) is 4.90. The number of hydrogen-bond donors (Lipinski definition) is 1. The third-order valence-corrected chi connectivity index (χ3v) is 4.49. The maximum Gasteiger partial charge on any atom is 0.404 e. The van der Waals surface area contributed by atoms with Gasteiger partial charge >= 0.3 is 5.82 Å². The highest BCUT2D eigenvalue weighted by atomic mass is 79.9. The first-order chi connectivity index (χ1) is 12.3. The standard InChI is InChI=1S/C17H15BrN4O4/c1-10-4-3-5-14(11(10)2)19-17(23)15-7-6-12(26-15)8-21-9-13(18)16(20-21)22(24)25/h3-7,9H,8H2,1-2H3,(H,19,23). The number of halogens is 1. The lowest BCUT2D eigenvalue weighted by molar-refractivity contribution is -0.390. The predicted molar refractivity (Wildman–Crippen MR) is 98.3 cm³/mol. The van der Waals surface area contributed by atoms with Crippen molar-refractivity contribution < 1.29 is 14.1 Å². The van der Waals surface area contributed by atoms with Crippen LogP contribution in [-0.2, 0) is 6.54 Å². The molecular weight excluding hydrogens is 404 g/mol. The highest BCUT2D eigenvalue weighted by Gasteiger charge is 2.20. The number of carbonyl (C=O) groups excluding carboxylic acids is 1. The Morgan fingerprint density at radius 1 is 1.35 bits per heavy atom. The first-order valence-electron chi connectivity index (χ1n) is 7.69. The second kappa shape index (κ2) is 7.12. The van der Waals surface area contributed by atoms with Crippen molar-refractivity contribution >= 4 is 33.3 Å². The van der Waals surface area contributed by atoms with Gasteiger partial charge in [0.1, 0.15) is 16.8 Å². The first-order valence-corrected chi connectivity index (χ1v) is 8.48. The number of carbonyl (C=O) groups is 1. The van der Waals surface area contributed by atoms with Crippen LogP contribution in [0.5, 0.6) is 0 Å². The van der Waals surface area contributed by atoms with Gasteiger partial charge in [0.25, 0.3) is 5.91 Å². The topological polar surface area (TPSA) is 103 Å². The average Bonchev–Trinajstić information content (AvgIpc) is 3.19. The van der Waals surface area contributed by atoms with Crippen LogP contribution in [0.3, 0.4) is 0 Å². The van der Waals surface area contributed by atoms with Gasteiger partial charge in [-0.3, -0.25) is 4.79 Å². The lowest BCUT2D eigenvalue weighted by atomic mass is 10.1. The van der Waals surface area contributed by atoms with Gasteiger partial charge in [-0.05, 0) is 64.0 Å². The van der Waals surface area contributed by atoms with E-state index in [9.17, 15) is 14.9 Å². The molecular formula is C17H15BrN4O4. The quantitative estimate of drug-likeness (QED) is 0.496. The molecule has 0 aliphatic heterocycles. The number of nitro groups is 1. The maximum absolute atomic E-state index is 12.4. The summed E-state index contributed by atoms with van der Waals surface area (Å²) in [6.45, 7) is 4.07. The number of rotatable bonds is 5. The Morgan fingerprint density at radius 3 is 2.81 bits per heavy atom. The van der Waals surface area contributed by atoms with Crippen LogP contribution in [0.2, 0.25) is 0 Å². The van der Waals surface area contributed by atoms with Crippen molar-refractivity contribution in [3.8, 4) is 0 Å². The van der Waals surface area contributed by atoms with Crippen molar-refractivity contribution in [3.63, 3.8) is 0 Å². The minimum absolute atomic E-state index is 0.154. The zero-order chi connectivity index (χ0) is 18.8. The molecule has 8 nitrogen and oxygen atoms in total. The fourth-order valence-electron chi connectivity index (χ4n) is 2.41. The van der Waals surface area contributed by atoms with Crippen molar-refractivity contribution in [3.05, 3.63) is 73.8 Å². The van der Waals surface area contributed by atoms with Crippen LogP contribution in [0.25, 0.3) is 0 Å². The van der Waals surface area contributed by atoms with Crippen molar-refractivity contribution in [2.45, 2.75) is 20.4 Å². The Morgan fingerprint density at radius 2 is 2.12 bits per heavy atom. The SMILES string of the molecule is Cc1cccc(NC(=O)c2ccc(Cn3cc(Br)c([N+](=O)[O-])n3)o2)c1C. The summed E-state index contributed by atoms with van der Waals surface area (Å²) >= 11 is 3.09. The molecule has 0 radical (unpaired) electrons. The fourth-order valence-corrected chi connectivity index (χ4v) is 2.87. The van der Waals surface area contributed by atoms with Crippen molar-refractivity contribution in [1.29, 1.82) is 0 Å². The molecule has 2 heterocycles. The highest BCUT2D eigenvalue weighted by molar-refractivity contribution is 9.10. The monoisotopic (exact) mass is 418 g/mol. The summed E-state index contributed by atoms with van der Waals surface area (Å²) in [5.74, 6) is -0.0235. The van der Waals surface area contributed by atoms with Gasteiger partial charge in [0.05, 0.1) is 11.3 Å². The van der Waals surface area contributed by atoms with Gasteiger partial charge in [-0.1, -0.05) is 12.1 Å². The largest absolute Gasteiger partial charge is 0.454 e. The Bertz CT molecular complexity index is 993. The number of hydrogen-bond acceptors (Lipinski definition) is 5. The van der Waals surface area contributed by atoms with E-state index in [1.807, 2.05) is 32.0 Å². The molecule has 0 saturated heterocycles. The normalized spacial score (nSPS) is 10.7. The molecule has 0 spiro atoms. The van der Waals surface area contributed by atoms with E-state index in [1.54, 1.807) is 12.1 Å². The van der Waals surface area contributed by atoms with Gasteiger partial charge in [0.15, 0.2) is 5.76 Å². The predicted octanol–water partition coefficient (Wildman–Crippen LogP) is 4.06. The maximum atomic E-state index is 12.4. The van der Waals surface area contributed by atoms with E-state index in [4.69, 9.17) is 4.42 Å². The van der Waals surface area contributed by atoms with E-state index in [1.165, 1.54) is 10.9 Å². The molecule has 0 aliphatic rings. The van der Waals surface area contributed by atoms with Crippen LogP contribution in [0, 0.1) is 24.0 Å². The number of furan rings is 1. The number of nitrogens with one attached hydrogen (secondary N) is 1. The van der Waals surface area contributed by atoms with E-state index in [-0.39, 0.29) is 28.5 Å². The molecule has 134 valence electrons. The Hall–Kier alpha value is -2.94. The second-order valence-corrected chi connectivity index (χ2v) is 6.58. The van der Waals surface area contributed by atoms with Crippen molar-refractivity contribution in [2.24, 2.45) is 0 Å². The first kappa shape index (κ1) is 17.9. The Balaban J connectivity index is 1.73. The Labute approximate surface area is 157 Å². The van der Waals surface area contributed by atoms with Crippen LogP contribution >= 0.6 is 15.9 Å². The van der Waals surface area contributed by atoms with Crippen LogP contribution in [0.4, 0.5) is 11.5 Å². The smallest absolute Gasteiger partial charge is 0.404 e. The number of aromatic nitrogens is 2. The molecule has 0 atom stereocenters. The number of aryl methyl sites for hydroxylation is 1. The van der Waals surface area contributed by atoms with Crippen LogP contribution < -0.4 is 5.32 Å². The summed E-state index contributed by atoms with van der Waals surface area (Å²) in [7, 11) is 0. The van der Waals surface area contributed by atoms with E-state index >= 15 is 0 Å². The molecule has 3 aromatic rings. The molecule has 0 aliphatic carbocycles. The molecule has 26 heavy (non-hydrogen) atoms. The molecule has 9 heteroatoms. The van der Waals surface area contributed by atoms with Gasteiger partial charge in [-0.15, -0.1) is 0 Å². The van der Waals surface area contributed by atoms with Crippen LogP contribution in [-0.4, -0.2) is 20.6 Å². The average molecular weight is 419 g/mol. The number of nitrogens with zero attached hydrogens (tertiary/aromatic N) is 3. The van der Waals surface area contributed by atoms with Crippen LogP contribution in [0.15, 0.2) is 45.4 Å². The number of amides is 1. The van der Waals surface area contributed by atoms with Crippen molar-refractivity contribution in [1.82, 2.24) is 9.78 Å². The third kappa shape index (κ3) is 3.67. The molecule has 1 N–H and O–H groups in total. The highest BCUT2D eigenvalue weighted by Crippen LogP contribution is 2.23. The molecule has 3 rings (SSSR count). The zero-order valence-corrected chi connectivity index (χ0v) is 15.6. The van der Waals surface area contributed by atoms with Gasteiger partial charge in [0.2, 0.25) is 0 Å². The summed E-state index contributed by atoms with van der Waals surface area (Å²) in [6.07, 6.45) is 1.48. The zero-order valence-electron chi connectivity index (χ0n) is 14.0. The van der Waals surface area contributed by atoms with E-state index in [2.05, 4.69) is 26.3 Å². The summed E-state index contributed by atoms with van der Waals surface area (Å²) in [6, 6.07) is 8.86. The molecule has 0 fully saturated rings. The molecule has 0 unspecified atom stereocenters. The molecule has 2 aromatic heterocycles. The molecule has 0 saturated carbocycles. The van der Waals surface area contributed by atoms with Gasteiger partial charge in [-0.2, -0.15) is 4.68 Å².